The highest BCUT2D eigenvalue weighted by molar-refractivity contribution is 5.26. The third kappa shape index (κ3) is 3.03. The molecule has 0 amide bonds. The van der Waals surface area contributed by atoms with Gasteiger partial charge in [-0.25, -0.2) is 0 Å². The normalized spacial score (nSPS) is 10.3. The zero-order chi connectivity index (χ0) is 13.0. The molecule has 1 aromatic heterocycles. The van der Waals surface area contributed by atoms with E-state index in [4.69, 9.17) is 4.74 Å². The zero-order valence-electron chi connectivity index (χ0n) is 9.81. The number of aromatic nitrogens is 3. The summed E-state index contributed by atoms with van der Waals surface area (Å²) in [5.74, 6) is 0.362. The van der Waals surface area contributed by atoms with Crippen LogP contribution in [0.1, 0.15) is 5.56 Å². The van der Waals surface area contributed by atoms with E-state index in [1.165, 1.54) is 11.0 Å². The van der Waals surface area contributed by atoms with E-state index >= 15 is 0 Å². The quantitative estimate of drug-likeness (QED) is 0.592. The van der Waals surface area contributed by atoms with Gasteiger partial charge in [0.2, 0.25) is 6.33 Å². The van der Waals surface area contributed by atoms with Crippen LogP contribution in [0.5, 0.6) is 5.75 Å². The molecule has 0 aliphatic heterocycles. The molecule has 18 heavy (non-hydrogen) atoms. The second-order valence-corrected chi connectivity index (χ2v) is 3.73. The van der Waals surface area contributed by atoms with E-state index < -0.39 is 10.9 Å². The largest absolute Gasteiger partial charge is 0.492 e. The Morgan fingerprint density at radius 3 is 2.72 bits per heavy atom. The van der Waals surface area contributed by atoms with Crippen molar-refractivity contribution in [1.29, 1.82) is 0 Å². The molecule has 7 heteroatoms. The van der Waals surface area contributed by atoms with E-state index in [1.807, 2.05) is 31.2 Å². The summed E-state index contributed by atoms with van der Waals surface area (Å²) in [6, 6.07) is 7.66. The Hall–Kier alpha value is -2.44. The Morgan fingerprint density at radius 2 is 2.11 bits per heavy atom. The molecule has 0 spiro atoms. The molecule has 1 heterocycles. The predicted molar refractivity (Wildman–Crippen MR) is 63.4 cm³/mol. The van der Waals surface area contributed by atoms with Gasteiger partial charge in [0.15, 0.2) is 0 Å². The maximum Gasteiger partial charge on any atom is 0.490 e. The van der Waals surface area contributed by atoms with E-state index in [9.17, 15) is 10.1 Å². The lowest BCUT2D eigenvalue weighted by Crippen LogP contribution is -2.08. The van der Waals surface area contributed by atoms with Gasteiger partial charge in [-0.05, 0) is 24.0 Å². The lowest BCUT2D eigenvalue weighted by molar-refractivity contribution is -0.394. The van der Waals surface area contributed by atoms with Crippen molar-refractivity contribution in [3.8, 4) is 5.75 Å². The van der Waals surface area contributed by atoms with Crippen molar-refractivity contribution in [3.63, 3.8) is 0 Å². The van der Waals surface area contributed by atoms with Gasteiger partial charge in [0, 0.05) is 5.10 Å². The molecule has 0 aliphatic rings. The van der Waals surface area contributed by atoms with Gasteiger partial charge in [0.05, 0.1) is 6.54 Å². The van der Waals surface area contributed by atoms with Gasteiger partial charge < -0.3 is 14.9 Å². The number of aryl methyl sites for hydroxylation is 1. The average molecular weight is 248 g/mol. The van der Waals surface area contributed by atoms with Crippen LogP contribution in [0.3, 0.4) is 0 Å². The van der Waals surface area contributed by atoms with Gasteiger partial charge in [-0.2, -0.15) is 4.68 Å². The van der Waals surface area contributed by atoms with E-state index in [-0.39, 0.29) is 0 Å². The van der Waals surface area contributed by atoms with Crippen molar-refractivity contribution in [3.05, 3.63) is 46.3 Å². The van der Waals surface area contributed by atoms with Crippen molar-refractivity contribution in [2.24, 2.45) is 0 Å². The van der Waals surface area contributed by atoms with Crippen molar-refractivity contribution >= 4 is 5.95 Å². The first kappa shape index (κ1) is 12.0. The Morgan fingerprint density at radius 1 is 1.39 bits per heavy atom. The highest BCUT2D eigenvalue weighted by atomic mass is 16.6. The fraction of sp³-hybridized carbons (Fsp3) is 0.273. The zero-order valence-corrected chi connectivity index (χ0v) is 9.81. The van der Waals surface area contributed by atoms with E-state index in [2.05, 4.69) is 10.1 Å². The molecule has 0 atom stereocenters. The van der Waals surface area contributed by atoms with Gasteiger partial charge >= 0.3 is 5.95 Å². The molecule has 2 aromatic rings. The molecule has 2 rings (SSSR count). The molecule has 0 fully saturated rings. The molecule has 0 unspecified atom stereocenters. The fourth-order valence-electron chi connectivity index (χ4n) is 1.37. The van der Waals surface area contributed by atoms with E-state index in [0.717, 1.165) is 11.3 Å². The average Bonchev–Trinajstić information content (AvgIpc) is 2.81. The molecule has 0 bridgehead atoms. The third-order valence-electron chi connectivity index (χ3n) is 2.30. The summed E-state index contributed by atoms with van der Waals surface area (Å²) in [6.45, 7) is 2.79. The van der Waals surface area contributed by atoms with Crippen LogP contribution in [0.4, 0.5) is 5.95 Å². The minimum absolute atomic E-state index is 0.379. The van der Waals surface area contributed by atoms with Gasteiger partial charge in [-0.3, -0.25) is 0 Å². The number of hydrogen-bond acceptors (Lipinski definition) is 5. The molecule has 7 nitrogen and oxygen atoms in total. The van der Waals surface area contributed by atoms with Crippen LogP contribution < -0.4 is 4.74 Å². The van der Waals surface area contributed by atoms with Crippen LogP contribution in [0.2, 0.25) is 0 Å². The van der Waals surface area contributed by atoms with Gasteiger partial charge in [-0.15, -0.1) is 0 Å². The lowest BCUT2D eigenvalue weighted by atomic mass is 10.2. The molecule has 1 aromatic carbocycles. The highest BCUT2D eigenvalue weighted by Gasteiger charge is 2.12. The molecular weight excluding hydrogens is 236 g/mol. The first-order valence-electron chi connectivity index (χ1n) is 5.38. The van der Waals surface area contributed by atoms with Crippen LogP contribution in [-0.2, 0) is 6.54 Å². The summed E-state index contributed by atoms with van der Waals surface area (Å²) in [5, 5.41) is 14.1. The van der Waals surface area contributed by atoms with Crippen molar-refractivity contribution in [2.75, 3.05) is 6.61 Å². The number of nitrogens with zero attached hydrogens (tertiary/aromatic N) is 4. The number of ether oxygens (including phenoxy) is 1. The van der Waals surface area contributed by atoms with E-state index in [0.29, 0.717) is 13.2 Å². The summed E-state index contributed by atoms with van der Waals surface area (Å²) < 4.78 is 6.86. The molecule has 0 aliphatic carbocycles. The third-order valence-corrected chi connectivity index (χ3v) is 2.30. The number of rotatable bonds is 5. The molecule has 0 saturated heterocycles. The monoisotopic (exact) mass is 248 g/mol. The second kappa shape index (κ2) is 5.26. The maximum absolute atomic E-state index is 10.4. The summed E-state index contributed by atoms with van der Waals surface area (Å²) in [6.07, 6.45) is 1.32. The van der Waals surface area contributed by atoms with Crippen molar-refractivity contribution in [1.82, 2.24) is 14.8 Å². The topological polar surface area (TPSA) is 83.1 Å². The summed E-state index contributed by atoms with van der Waals surface area (Å²) in [5.41, 5.74) is 1.16. The minimum atomic E-state index is -0.628. The molecule has 0 radical (unpaired) electrons. The molecule has 0 N–H and O–H groups in total. The molecule has 94 valence electrons. The van der Waals surface area contributed by atoms with Gasteiger partial charge in [0.25, 0.3) is 0 Å². The summed E-state index contributed by atoms with van der Waals surface area (Å²) >= 11 is 0. The van der Waals surface area contributed by atoms with Crippen LogP contribution in [0.25, 0.3) is 0 Å². The molecule has 0 saturated carbocycles. The Labute approximate surface area is 103 Å². The van der Waals surface area contributed by atoms with E-state index in [1.54, 1.807) is 0 Å². The predicted octanol–water partition coefficient (Wildman–Crippen LogP) is 1.57. The van der Waals surface area contributed by atoms with Crippen LogP contribution in [-0.4, -0.2) is 26.3 Å². The smallest absolute Gasteiger partial charge is 0.490 e. The summed E-state index contributed by atoms with van der Waals surface area (Å²) in [4.78, 5) is 13.3. The van der Waals surface area contributed by atoms with Crippen molar-refractivity contribution < 1.29 is 9.66 Å². The van der Waals surface area contributed by atoms with Gasteiger partial charge in [-0.1, -0.05) is 22.7 Å². The Balaban J connectivity index is 1.84. The van der Waals surface area contributed by atoms with Crippen LogP contribution in [0.15, 0.2) is 30.6 Å². The number of benzene rings is 1. The Kier molecular flexibility index (Phi) is 3.52. The SMILES string of the molecule is Cc1ccc(OCCn2cnc([N+](=O)[O-])n2)cc1. The van der Waals surface area contributed by atoms with Gasteiger partial charge in [0.1, 0.15) is 12.4 Å². The lowest BCUT2D eigenvalue weighted by Gasteiger charge is -2.04. The van der Waals surface area contributed by atoms with Crippen molar-refractivity contribution in [2.45, 2.75) is 13.5 Å². The highest BCUT2D eigenvalue weighted by Crippen LogP contribution is 2.11. The Bertz CT molecular complexity index is 535. The number of nitro groups is 1. The fourth-order valence-corrected chi connectivity index (χ4v) is 1.37. The first-order valence-corrected chi connectivity index (χ1v) is 5.38. The molecular formula is C11H12N4O3. The minimum Gasteiger partial charge on any atom is -0.492 e. The number of hydrogen-bond donors (Lipinski definition) is 0. The first-order chi connectivity index (χ1) is 8.65. The summed E-state index contributed by atoms with van der Waals surface area (Å²) in [7, 11) is 0. The van der Waals surface area contributed by atoms with Crippen LogP contribution in [0, 0.1) is 17.0 Å². The second-order valence-electron chi connectivity index (χ2n) is 3.73. The van der Waals surface area contributed by atoms with Crippen LogP contribution >= 0.6 is 0 Å². The standard InChI is InChI=1S/C11H12N4O3/c1-9-2-4-10(5-3-9)18-7-6-14-8-12-11(13-14)15(16)17/h2-5,8H,6-7H2,1H3. The maximum atomic E-state index is 10.4.